The normalized spacial score (nSPS) is 14.0. The monoisotopic (exact) mass is 212 g/mol. The van der Waals surface area contributed by atoms with Crippen LogP contribution in [0.25, 0.3) is 0 Å². The minimum Gasteiger partial charge on any atom is -0.383 e. The third-order valence-corrected chi connectivity index (χ3v) is 2.51. The fraction of sp³-hybridized carbons (Fsp3) is 0.545. The minimum absolute atomic E-state index is 0.0144. The van der Waals surface area contributed by atoms with Crippen LogP contribution in [0.4, 0.5) is 5.82 Å². The molecule has 0 aromatic carbocycles. The maximum absolute atomic E-state index is 6.00. The number of anilines is 1. The molecule has 1 unspecified atom stereocenters. The molecule has 0 aliphatic heterocycles. The molecular formula is C11H17ClN2. The molecule has 78 valence electrons. The average Bonchev–Trinajstić information content (AvgIpc) is 2.02. The highest BCUT2D eigenvalue weighted by atomic mass is 35.5. The number of pyridine rings is 1. The molecular weight excluding hydrogens is 196 g/mol. The first kappa shape index (κ1) is 11.3. The number of halogens is 1. The number of aromatic nitrogens is 1. The van der Waals surface area contributed by atoms with Gasteiger partial charge in [-0.2, -0.15) is 0 Å². The van der Waals surface area contributed by atoms with Crippen LogP contribution in [0.1, 0.15) is 32.8 Å². The predicted molar refractivity (Wildman–Crippen MR) is 61.6 cm³/mol. The summed E-state index contributed by atoms with van der Waals surface area (Å²) in [6.07, 6.45) is 2.60. The Kier molecular flexibility index (Phi) is 3.38. The lowest BCUT2D eigenvalue weighted by molar-refractivity contribution is 0.477. The van der Waals surface area contributed by atoms with Crippen LogP contribution in [-0.2, 0) is 5.41 Å². The van der Waals surface area contributed by atoms with Gasteiger partial charge in [-0.05, 0) is 30.4 Å². The van der Waals surface area contributed by atoms with Crippen molar-refractivity contribution >= 4 is 17.4 Å². The van der Waals surface area contributed by atoms with Crippen molar-refractivity contribution in [3.8, 4) is 0 Å². The van der Waals surface area contributed by atoms with Gasteiger partial charge in [0.2, 0.25) is 0 Å². The van der Waals surface area contributed by atoms with Gasteiger partial charge in [0, 0.05) is 11.6 Å². The van der Waals surface area contributed by atoms with Gasteiger partial charge in [-0.25, -0.2) is 4.98 Å². The molecule has 2 N–H and O–H groups in total. The van der Waals surface area contributed by atoms with Crippen molar-refractivity contribution in [1.29, 1.82) is 0 Å². The zero-order valence-electron chi connectivity index (χ0n) is 8.92. The highest BCUT2D eigenvalue weighted by molar-refractivity contribution is 6.20. The molecule has 0 saturated heterocycles. The summed E-state index contributed by atoms with van der Waals surface area (Å²) in [5.41, 5.74) is 6.89. The molecule has 0 bridgehead atoms. The molecule has 0 fully saturated rings. The molecule has 0 spiro atoms. The highest BCUT2D eigenvalue weighted by Crippen LogP contribution is 2.32. The van der Waals surface area contributed by atoms with E-state index in [-0.39, 0.29) is 10.8 Å². The molecule has 1 rings (SSSR count). The maximum atomic E-state index is 6.00. The summed E-state index contributed by atoms with van der Waals surface area (Å²) in [5, 5.41) is 0.143. The molecule has 1 aromatic heterocycles. The van der Waals surface area contributed by atoms with Crippen molar-refractivity contribution in [3.63, 3.8) is 0 Å². The third-order valence-electron chi connectivity index (χ3n) is 2.36. The number of hydrogen-bond acceptors (Lipinski definition) is 2. The number of nitrogens with zero attached hydrogens (tertiary/aromatic N) is 1. The lowest BCUT2D eigenvalue weighted by Crippen LogP contribution is -2.22. The zero-order chi connectivity index (χ0) is 10.8. The first-order chi connectivity index (χ1) is 6.43. The van der Waals surface area contributed by atoms with Gasteiger partial charge >= 0.3 is 0 Å². The van der Waals surface area contributed by atoms with Crippen LogP contribution in [0.15, 0.2) is 18.3 Å². The molecule has 0 amide bonds. The summed E-state index contributed by atoms with van der Waals surface area (Å²) in [7, 11) is 0. The minimum atomic E-state index is -0.0144. The van der Waals surface area contributed by atoms with Crippen molar-refractivity contribution in [2.75, 3.05) is 5.73 Å². The number of rotatable bonds is 3. The summed E-state index contributed by atoms with van der Waals surface area (Å²) in [6.45, 7) is 6.27. The van der Waals surface area contributed by atoms with E-state index in [1.807, 2.05) is 19.1 Å². The van der Waals surface area contributed by atoms with Crippen LogP contribution in [0, 0.1) is 0 Å². The molecule has 0 radical (unpaired) electrons. The van der Waals surface area contributed by atoms with Crippen molar-refractivity contribution in [2.24, 2.45) is 0 Å². The van der Waals surface area contributed by atoms with Gasteiger partial charge in [0.1, 0.15) is 5.82 Å². The number of alkyl halides is 1. The lowest BCUT2D eigenvalue weighted by Gasteiger charge is -2.27. The summed E-state index contributed by atoms with van der Waals surface area (Å²) in [6, 6.07) is 3.92. The van der Waals surface area contributed by atoms with Crippen LogP contribution in [0.2, 0.25) is 0 Å². The highest BCUT2D eigenvalue weighted by Gasteiger charge is 2.24. The largest absolute Gasteiger partial charge is 0.383 e. The van der Waals surface area contributed by atoms with Crippen molar-refractivity contribution in [3.05, 3.63) is 23.9 Å². The fourth-order valence-electron chi connectivity index (χ4n) is 1.80. The van der Waals surface area contributed by atoms with E-state index in [9.17, 15) is 0 Å². The molecule has 14 heavy (non-hydrogen) atoms. The van der Waals surface area contributed by atoms with Crippen LogP contribution < -0.4 is 5.73 Å². The van der Waals surface area contributed by atoms with E-state index in [2.05, 4.69) is 18.8 Å². The smallest absolute Gasteiger partial charge is 0.127 e. The van der Waals surface area contributed by atoms with Gasteiger partial charge in [-0.1, -0.05) is 19.9 Å². The standard InChI is InChI=1S/C11H17ClN2/c1-8(12)7-11(2,3)9-5-4-6-14-10(9)13/h4-6,8H,7H2,1-3H3,(H2,13,14). The van der Waals surface area contributed by atoms with Gasteiger partial charge in [0.05, 0.1) is 0 Å². The van der Waals surface area contributed by atoms with E-state index in [0.717, 1.165) is 12.0 Å². The number of hydrogen-bond donors (Lipinski definition) is 1. The SMILES string of the molecule is CC(Cl)CC(C)(C)c1cccnc1N. The molecule has 0 saturated carbocycles. The second-order valence-corrected chi connectivity index (χ2v) is 5.05. The van der Waals surface area contributed by atoms with Crippen LogP contribution in [0.5, 0.6) is 0 Å². The van der Waals surface area contributed by atoms with E-state index in [4.69, 9.17) is 17.3 Å². The third kappa shape index (κ3) is 2.61. The second kappa shape index (κ2) is 4.18. The van der Waals surface area contributed by atoms with Crippen molar-refractivity contribution in [1.82, 2.24) is 4.98 Å². The van der Waals surface area contributed by atoms with E-state index < -0.39 is 0 Å². The summed E-state index contributed by atoms with van der Waals surface area (Å²) in [4.78, 5) is 4.09. The maximum Gasteiger partial charge on any atom is 0.127 e. The van der Waals surface area contributed by atoms with Gasteiger partial charge in [0.15, 0.2) is 0 Å². The molecule has 0 aliphatic rings. The Morgan fingerprint density at radius 3 is 2.71 bits per heavy atom. The second-order valence-electron chi connectivity index (χ2n) is 4.30. The Morgan fingerprint density at radius 2 is 2.21 bits per heavy atom. The number of nitrogen functional groups attached to an aromatic ring is 1. The van der Waals surface area contributed by atoms with Crippen LogP contribution in [0.3, 0.4) is 0 Å². The topological polar surface area (TPSA) is 38.9 Å². The molecule has 0 aliphatic carbocycles. The lowest BCUT2D eigenvalue weighted by atomic mass is 9.81. The Morgan fingerprint density at radius 1 is 1.57 bits per heavy atom. The Labute approximate surface area is 90.5 Å². The summed E-state index contributed by atoms with van der Waals surface area (Å²) < 4.78 is 0. The summed E-state index contributed by atoms with van der Waals surface area (Å²) in [5.74, 6) is 0.606. The Bertz CT molecular complexity index is 308. The first-order valence-corrected chi connectivity index (χ1v) is 5.22. The van der Waals surface area contributed by atoms with E-state index in [1.54, 1.807) is 6.20 Å². The van der Waals surface area contributed by atoms with Gasteiger partial charge in [-0.15, -0.1) is 11.6 Å². The van der Waals surface area contributed by atoms with Crippen molar-refractivity contribution < 1.29 is 0 Å². The predicted octanol–water partition coefficient (Wildman–Crippen LogP) is 2.96. The first-order valence-electron chi connectivity index (χ1n) is 4.78. The average molecular weight is 213 g/mol. The Hall–Kier alpha value is -0.760. The quantitative estimate of drug-likeness (QED) is 0.783. The van der Waals surface area contributed by atoms with E-state index in [1.165, 1.54) is 0 Å². The summed E-state index contributed by atoms with van der Waals surface area (Å²) >= 11 is 6.00. The molecule has 2 nitrogen and oxygen atoms in total. The van der Waals surface area contributed by atoms with Crippen molar-refractivity contribution in [2.45, 2.75) is 38.0 Å². The molecule has 1 atom stereocenters. The van der Waals surface area contributed by atoms with Gasteiger partial charge < -0.3 is 5.73 Å². The fourth-order valence-corrected chi connectivity index (χ4v) is 2.19. The zero-order valence-corrected chi connectivity index (χ0v) is 9.67. The van der Waals surface area contributed by atoms with Gasteiger partial charge in [0.25, 0.3) is 0 Å². The molecule has 3 heteroatoms. The molecule has 1 heterocycles. The Balaban J connectivity index is 2.97. The molecule has 1 aromatic rings. The van der Waals surface area contributed by atoms with Crippen LogP contribution in [-0.4, -0.2) is 10.4 Å². The van der Waals surface area contributed by atoms with E-state index >= 15 is 0 Å². The van der Waals surface area contributed by atoms with Crippen LogP contribution >= 0.6 is 11.6 Å². The van der Waals surface area contributed by atoms with E-state index in [0.29, 0.717) is 5.82 Å². The number of nitrogens with two attached hydrogens (primary N) is 1. The van der Waals surface area contributed by atoms with Gasteiger partial charge in [-0.3, -0.25) is 0 Å².